The monoisotopic (exact) mass is 310 g/mol. The van der Waals surface area contributed by atoms with Crippen LogP contribution in [0.2, 0.25) is 0 Å². The molecule has 1 heterocycles. The molecule has 0 radical (unpaired) electrons. The highest BCUT2D eigenvalue weighted by atomic mass is 32.2. The van der Waals surface area contributed by atoms with Gasteiger partial charge in [-0.25, -0.2) is 14.3 Å². The van der Waals surface area contributed by atoms with Crippen molar-refractivity contribution in [2.24, 2.45) is 7.05 Å². The van der Waals surface area contributed by atoms with Crippen LogP contribution >= 0.6 is 11.8 Å². The zero-order valence-corrected chi connectivity index (χ0v) is 13.3. The summed E-state index contributed by atoms with van der Waals surface area (Å²) in [4.78, 5) is 11.7. The molecular formula is C14H19FN4OS. The molecule has 7 heteroatoms. The second kappa shape index (κ2) is 6.03. The first-order valence-electron chi connectivity index (χ1n) is 6.59. The van der Waals surface area contributed by atoms with E-state index in [9.17, 15) is 9.18 Å². The molecule has 0 bridgehead atoms. The van der Waals surface area contributed by atoms with E-state index >= 15 is 0 Å². The van der Waals surface area contributed by atoms with Crippen molar-refractivity contribution in [3.63, 3.8) is 0 Å². The number of hydrogen-bond donors (Lipinski definition) is 2. The molecule has 0 aliphatic rings. The van der Waals surface area contributed by atoms with Crippen LogP contribution in [-0.4, -0.2) is 20.3 Å². The maximum absolute atomic E-state index is 14.1. The first-order chi connectivity index (χ1) is 9.76. The summed E-state index contributed by atoms with van der Waals surface area (Å²) in [6.45, 7) is 6.79. The zero-order chi connectivity index (χ0) is 15.6. The zero-order valence-electron chi connectivity index (χ0n) is 12.5. The number of aromatic nitrogens is 3. The lowest BCUT2D eigenvalue weighted by atomic mass is 10.1. The standard InChI is InChI=1S/C14H19FN4OS/c1-14(2,3)16-8-9-5-6-11(10(15)7-9)21-13-18-17-12(20)19(13)4/h5-7,16H,8H2,1-4H3,(H,17,20). The van der Waals surface area contributed by atoms with Gasteiger partial charge in [0.25, 0.3) is 0 Å². The molecule has 1 aromatic carbocycles. The van der Waals surface area contributed by atoms with Gasteiger partial charge >= 0.3 is 5.69 Å². The van der Waals surface area contributed by atoms with Gasteiger partial charge in [0.2, 0.25) is 0 Å². The van der Waals surface area contributed by atoms with Crippen molar-refractivity contribution in [1.29, 1.82) is 0 Å². The normalized spacial score (nSPS) is 11.9. The number of benzene rings is 1. The van der Waals surface area contributed by atoms with Gasteiger partial charge < -0.3 is 5.32 Å². The van der Waals surface area contributed by atoms with Gasteiger partial charge in [-0.3, -0.25) is 4.57 Å². The Labute approximate surface area is 127 Å². The van der Waals surface area contributed by atoms with Gasteiger partial charge in [-0.1, -0.05) is 6.07 Å². The molecule has 0 aliphatic carbocycles. The number of nitrogens with zero attached hydrogens (tertiary/aromatic N) is 2. The molecule has 0 spiro atoms. The molecule has 0 amide bonds. The number of rotatable bonds is 4. The van der Waals surface area contributed by atoms with E-state index < -0.39 is 0 Å². The fourth-order valence-corrected chi connectivity index (χ4v) is 2.43. The number of halogens is 1. The predicted octanol–water partition coefficient (Wildman–Crippen LogP) is 2.29. The molecule has 0 atom stereocenters. The third-order valence-corrected chi connectivity index (χ3v) is 3.96. The van der Waals surface area contributed by atoms with Gasteiger partial charge in [0.05, 0.1) is 4.90 Å². The Hall–Kier alpha value is -1.60. The molecule has 0 saturated carbocycles. The Bertz CT molecular complexity index is 687. The maximum atomic E-state index is 14.1. The highest BCUT2D eigenvalue weighted by Gasteiger charge is 2.12. The molecule has 21 heavy (non-hydrogen) atoms. The van der Waals surface area contributed by atoms with E-state index in [1.54, 1.807) is 13.1 Å². The minimum absolute atomic E-state index is 0.0166. The van der Waals surface area contributed by atoms with Crippen molar-refractivity contribution in [2.75, 3.05) is 0 Å². The Morgan fingerprint density at radius 1 is 1.43 bits per heavy atom. The van der Waals surface area contributed by atoms with Crippen LogP contribution in [0.5, 0.6) is 0 Å². The molecule has 0 aliphatic heterocycles. The first kappa shape index (κ1) is 15.8. The number of H-pyrrole nitrogens is 1. The lowest BCUT2D eigenvalue weighted by molar-refractivity contribution is 0.423. The molecule has 0 saturated heterocycles. The summed E-state index contributed by atoms with van der Waals surface area (Å²) >= 11 is 1.12. The van der Waals surface area contributed by atoms with Crippen LogP contribution in [0, 0.1) is 5.82 Å². The Morgan fingerprint density at radius 3 is 2.67 bits per heavy atom. The molecule has 1 aromatic heterocycles. The molecular weight excluding hydrogens is 291 g/mol. The Kier molecular flexibility index (Phi) is 4.53. The summed E-state index contributed by atoms with van der Waals surface area (Å²) in [7, 11) is 1.59. The number of aromatic amines is 1. The van der Waals surface area contributed by atoms with Crippen molar-refractivity contribution in [3.8, 4) is 0 Å². The first-order valence-corrected chi connectivity index (χ1v) is 7.40. The summed E-state index contributed by atoms with van der Waals surface area (Å²) in [6.07, 6.45) is 0. The molecule has 0 unspecified atom stereocenters. The van der Waals surface area contributed by atoms with Crippen molar-refractivity contribution >= 4 is 11.8 Å². The van der Waals surface area contributed by atoms with Crippen LogP contribution in [0.4, 0.5) is 4.39 Å². The average molecular weight is 310 g/mol. The van der Waals surface area contributed by atoms with Crippen molar-refractivity contribution in [2.45, 2.75) is 42.9 Å². The Balaban J connectivity index is 2.12. The molecule has 2 rings (SSSR count). The summed E-state index contributed by atoms with van der Waals surface area (Å²) in [5.41, 5.74) is 0.545. The van der Waals surface area contributed by atoms with E-state index in [-0.39, 0.29) is 17.0 Å². The highest BCUT2D eigenvalue weighted by Crippen LogP contribution is 2.27. The second-order valence-corrected chi connectivity index (χ2v) is 6.85. The maximum Gasteiger partial charge on any atom is 0.343 e. The third-order valence-electron chi connectivity index (χ3n) is 2.86. The van der Waals surface area contributed by atoms with E-state index in [0.29, 0.717) is 16.6 Å². The second-order valence-electron chi connectivity index (χ2n) is 5.84. The number of nitrogens with one attached hydrogen (secondary N) is 2. The van der Waals surface area contributed by atoms with E-state index in [0.717, 1.165) is 17.3 Å². The molecule has 2 aromatic rings. The van der Waals surface area contributed by atoms with Gasteiger partial charge in [-0.2, -0.15) is 0 Å². The topological polar surface area (TPSA) is 62.7 Å². The van der Waals surface area contributed by atoms with Gasteiger partial charge in [-0.05, 0) is 50.2 Å². The van der Waals surface area contributed by atoms with Crippen LogP contribution in [0.15, 0.2) is 33.0 Å². The Morgan fingerprint density at radius 2 is 2.14 bits per heavy atom. The summed E-state index contributed by atoms with van der Waals surface area (Å²) in [5.74, 6) is -0.316. The highest BCUT2D eigenvalue weighted by molar-refractivity contribution is 7.99. The van der Waals surface area contributed by atoms with Crippen LogP contribution in [-0.2, 0) is 13.6 Å². The molecule has 2 N–H and O–H groups in total. The van der Waals surface area contributed by atoms with E-state index in [2.05, 4.69) is 36.3 Å². The van der Waals surface area contributed by atoms with Gasteiger partial charge in [-0.15, -0.1) is 5.10 Å². The third kappa shape index (κ3) is 4.18. The average Bonchev–Trinajstić information content (AvgIpc) is 2.70. The number of hydrogen-bond acceptors (Lipinski definition) is 4. The minimum Gasteiger partial charge on any atom is -0.308 e. The van der Waals surface area contributed by atoms with E-state index in [1.165, 1.54) is 10.6 Å². The molecule has 5 nitrogen and oxygen atoms in total. The summed E-state index contributed by atoms with van der Waals surface area (Å²) < 4.78 is 15.5. The fraction of sp³-hybridized carbons (Fsp3) is 0.429. The van der Waals surface area contributed by atoms with Crippen LogP contribution in [0.25, 0.3) is 0 Å². The fourth-order valence-electron chi connectivity index (χ4n) is 1.63. The van der Waals surface area contributed by atoms with Crippen LogP contribution in [0.1, 0.15) is 26.3 Å². The van der Waals surface area contributed by atoms with Gasteiger partial charge in [0.15, 0.2) is 5.16 Å². The van der Waals surface area contributed by atoms with Crippen LogP contribution in [0.3, 0.4) is 0 Å². The van der Waals surface area contributed by atoms with E-state index in [4.69, 9.17) is 0 Å². The quantitative estimate of drug-likeness (QED) is 0.909. The summed E-state index contributed by atoms with van der Waals surface area (Å²) in [6, 6.07) is 5.08. The smallest absolute Gasteiger partial charge is 0.308 e. The van der Waals surface area contributed by atoms with Gasteiger partial charge in [0.1, 0.15) is 5.82 Å². The molecule has 0 fully saturated rings. The minimum atomic E-state index is -0.316. The predicted molar refractivity (Wildman–Crippen MR) is 80.9 cm³/mol. The SMILES string of the molecule is Cn1c(Sc2ccc(CNC(C)(C)C)cc2F)n[nH]c1=O. The van der Waals surface area contributed by atoms with Crippen molar-refractivity contribution in [1.82, 2.24) is 20.1 Å². The van der Waals surface area contributed by atoms with Crippen molar-refractivity contribution < 1.29 is 4.39 Å². The van der Waals surface area contributed by atoms with Crippen molar-refractivity contribution in [3.05, 3.63) is 40.1 Å². The lowest BCUT2D eigenvalue weighted by Gasteiger charge is -2.20. The summed E-state index contributed by atoms with van der Waals surface area (Å²) in [5, 5.41) is 9.92. The van der Waals surface area contributed by atoms with E-state index in [1.807, 2.05) is 6.07 Å². The van der Waals surface area contributed by atoms with Crippen LogP contribution < -0.4 is 11.0 Å². The lowest BCUT2D eigenvalue weighted by Crippen LogP contribution is -2.35. The molecule has 114 valence electrons. The van der Waals surface area contributed by atoms with Gasteiger partial charge in [0, 0.05) is 19.1 Å². The largest absolute Gasteiger partial charge is 0.343 e.